The molecule has 4 heteroatoms. The zero-order chi connectivity index (χ0) is 13.5. The average Bonchev–Trinajstić information content (AvgIpc) is 2.27. The number of hydrogen-bond donors (Lipinski definition) is 2. The summed E-state index contributed by atoms with van der Waals surface area (Å²) < 4.78 is 0. The Bertz CT molecular complexity index is 327. The summed E-state index contributed by atoms with van der Waals surface area (Å²) in [5.74, 6) is -0.0735. The van der Waals surface area contributed by atoms with Crippen molar-refractivity contribution >= 4 is 11.8 Å². The number of hydrogen-bond acceptors (Lipinski definition) is 2. The fourth-order valence-electron chi connectivity index (χ4n) is 2.58. The first-order chi connectivity index (χ1) is 8.49. The fourth-order valence-corrected chi connectivity index (χ4v) is 2.58. The minimum atomic E-state index is -0.344. The number of allylic oxidation sites excluding steroid dienone is 1. The summed E-state index contributed by atoms with van der Waals surface area (Å²) in [5, 5.41) is 2.93. The van der Waals surface area contributed by atoms with E-state index in [2.05, 4.69) is 5.32 Å². The summed E-state index contributed by atoms with van der Waals surface area (Å²) in [6, 6.07) is -0.106. The lowest BCUT2D eigenvalue weighted by atomic mass is 9.82. The van der Waals surface area contributed by atoms with E-state index in [0.717, 1.165) is 18.4 Å². The molecule has 0 spiro atoms. The third-order valence-electron chi connectivity index (χ3n) is 3.39. The van der Waals surface area contributed by atoms with Crippen LogP contribution in [0, 0.1) is 5.92 Å². The van der Waals surface area contributed by atoms with Gasteiger partial charge in [0.15, 0.2) is 0 Å². The second-order valence-corrected chi connectivity index (χ2v) is 5.41. The number of amides is 2. The van der Waals surface area contributed by atoms with Gasteiger partial charge in [0.2, 0.25) is 11.8 Å². The predicted octanol–water partition coefficient (Wildman–Crippen LogP) is 1.89. The zero-order valence-electron chi connectivity index (χ0n) is 11.4. The quantitative estimate of drug-likeness (QED) is 0.733. The first-order valence-electron chi connectivity index (χ1n) is 6.72. The topological polar surface area (TPSA) is 72.2 Å². The van der Waals surface area contributed by atoms with Crippen molar-refractivity contribution in [3.8, 4) is 0 Å². The van der Waals surface area contributed by atoms with Crippen LogP contribution in [0.3, 0.4) is 0 Å². The number of nitrogens with two attached hydrogens (primary N) is 1. The van der Waals surface area contributed by atoms with Crippen molar-refractivity contribution in [1.82, 2.24) is 5.32 Å². The third-order valence-corrected chi connectivity index (χ3v) is 3.39. The number of carbonyl (C=O) groups excluding carboxylic acids is 2. The van der Waals surface area contributed by atoms with Crippen LogP contribution in [0.2, 0.25) is 0 Å². The maximum absolute atomic E-state index is 11.7. The van der Waals surface area contributed by atoms with Crippen LogP contribution in [-0.2, 0) is 9.59 Å². The molecule has 0 aromatic carbocycles. The van der Waals surface area contributed by atoms with E-state index in [1.54, 1.807) is 6.08 Å². The van der Waals surface area contributed by atoms with E-state index in [1.807, 2.05) is 13.8 Å². The Morgan fingerprint density at radius 1 is 1.28 bits per heavy atom. The van der Waals surface area contributed by atoms with Crippen molar-refractivity contribution in [3.63, 3.8) is 0 Å². The summed E-state index contributed by atoms with van der Waals surface area (Å²) in [4.78, 5) is 22.9. The van der Waals surface area contributed by atoms with Crippen molar-refractivity contribution in [2.45, 2.75) is 58.4 Å². The molecule has 1 rings (SSSR count). The average molecular weight is 252 g/mol. The summed E-state index contributed by atoms with van der Waals surface area (Å²) >= 11 is 0. The SMILES string of the molecule is CC(C)=CC(=O)N[C@@H](CC(N)=O)C1CCCCC1. The lowest BCUT2D eigenvalue weighted by Gasteiger charge is -2.30. The van der Waals surface area contributed by atoms with E-state index >= 15 is 0 Å². The molecule has 0 saturated heterocycles. The molecule has 1 atom stereocenters. The minimum absolute atomic E-state index is 0.106. The van der Waals surface area contributed by atoms with Gasteiger partial charge in [-0.25, -0.2) is 0 Å². The van der Waals surface area contributed by atoms with Crippen LogP contribution in [0.1, 0.15) is 52.4 Å². The van der Waals surface area contributed by atoms with Crippen molar-refractivity contribution in [3.05, 3.63) is 11.6 Å². The maximum Gasteiger partial charge on any atom is 0.244 e. The number of carbonyl (C=O) groups is 2. The molecule has 102 valence electrons. The Kier molecular flexibility index (Phi) is 5.89. The van der Waals surface area contributed by atoms with Gasteiger partial charge in [-0.05, 0) is 32.6 Å². The first kappa shape index (κ1) is 14.7. The summed E-state index contributed by atoms with van der Waals surface area (Å²) in [6.07, 6.45) is 7.57. The molecule has 1 fully saturated rings. The lowest BCUT2D eigenvalue weighted by molar-refractivity contribution is -0.120. The molecule has 1 aliphatic rings. The van der Waals surface area contributed by atoms with Gasteiger partial charge in [-0.15, -0.1) is 0 Å². The Labute approximate surface area is 109 Å². The monoisotopic (exact) mass is 252 g/mol. The van der Waals surface area contributed by atoms with Gasteiger partial charge in [0.05, 0.1) is 0 Å². The van der Waals surface area contributed by atoms with Gasteiger partial charge in [-0.3, -0.25) is 9.59 Å². The van der Waals surface area contributed by atoms with Crippen LogP contribution in [0.25, 0.3) is 0 Å². The van der Waals surface area contributed by atoms with E-state index < -0.39 is 0 Å². The molecule has 0 aliphatic heterocycles. The number of rotatable bonds is 5. The van der Waals surface area contributed by atoms with Crippen LogP contribution < -0.4 is 11.1 Å². The summed E-state index contributed by atoms with van der Waals surface area (Å²) in [7, 11) is 0. The van der Waals surface area contributed by atoms with E-state index in [-0.39, 0.29) is 24.3 Å². The molecular weight excluding hydrogens is 228 g/mol. The minimum Gasteiger partial charge on any atom is -0.370 e. The van der Waals surface area contributed by atoms with Gasteiger partial charge in [0.25, 0.3) is 0 Å². The summed E-state index contributed by atoms with van der Waals surface area (Å²) in [6.45, 7) is 3.76. The van der Waals surface area contributed by atoms with Crippen molar-refractivity contribution in [1.29, 1.82) is 0 Å². The molecule has 0 bridgehead atoms. The fraction of sp³-hybridized carbons (Fsp3) is 0.714. The van der Waals surface area contributed by atoms with Gasteiger partial charge in [-0.2, -0.15) is 0 Å². The molecule has 0 radical (unpaired) electrons. The Morgan fingerprint density at radius 2 is 1.89 bits per heavy atom. The van der Waals surface area contributed by atoms with E-state index in [9.17, 15) is 9.59 Å². The Hall–Kier alpha value is -1.32. The molecule has 18 heavy (non-hydrogen) atoms. The molecule has 1 saturated carbocycles. The van der Waals surface area contributed by atoms with Gasteiger partial charge in [0, 0.05) is 18.5 Å². The van der Waals surface area contributed by atoms with Crippen molar-refractivity contribution in [2.24, 2.45) is 11.7 Å². The second-order valence-electron chi connectivity index (χ2n) is 5.41. The second kappa shape index (κ2) is 7.19. The highest BCUT2D eigenvalue weighted by Crippen LogP contribution is 2.27. The molecular formula is C14H24N2O2. The molecule has 0 aromatic rings. The highest BCUT2D eigenvalue weighted by molar-refractivity contribution is 5.88. The molecule has 3 N–H and O–H groups in total. The molecule has 4 nitrogen and oxygen atoms in total. The summed E-state index contributed by atoms with van der Waals surface area (Å²) in [5.41, 5.74) is 6.22. The van der Waals surface area contributed by atoms with Gasteiger partial charge >= 0.3 is 0 Å². The maximum atomic E-state index is 11.7. The smallest absolute Gasteiger partial charge is 0.244 e. The largest absolute Gasteiger partial charge is 0.370 e. The lowest BCUT2D eigenvalue weighted by Crippen LogP contribution is -2.43. The highest BCUT2D eigenvalue weighted by Gasteiger charge is 2.25. The Morgan fingerprint density at radius 3 is 2.39 bits per heavy atom. The normalized spacial score (nSPS) is 17.9. The van der Waals surface area contributed by atoms with Crippen LogP contribution >= 0.6 is 0 Å². The first-order valence-corrected chi connectivity index (χ1v) is 6.72. The van der Waals surface area contributed by atoms with Crippen LogP contribution in [0.5, 0.6) is 0 Å². The van der Waals surface area contributed by atoms with Crippen LogP contribution in [-0.4, -0.2) is 17.9 Å². The third kappa shape index (κ3) is 5.34. The standard InChI is InChI=1S/C14H24N2O2/c1-10(2)8-14(18)16-12(9-13(15)17)11-6-4-3-5-7-11/h8,11-12H,3-7,9H2,1-2H3,(H2,15,17)(H,16,18)/t12-/m0/s1. The number of nitrogens with one attached hydrogen (secondary N) is 1. The van der Waals surface area contributed by atoms with Crippen molar-refractivity contribution < 1.29 is 9.59 Å². The molecule has 0 heterocycles. The van der Waals surface area contributed by atoms with Gasteiger partial charge in [-0.1, -0.05) is 24.8 Å². The molecule has 0 aromatic heterocycles. The van der Waals surface area contributed by atoms with Crippen LogP contribution in [0.15, 0.2) is 11.6 Å². The molecule has 1 aliphatic carbocycles. The van der Waals surface area contributed by atoms with Gasteiger partial charge in [0.1, 0.15) is 0 Å². The number of primary amides is 1. The van der Waals surface area contributed by atoms with Crippen molar-refractivity contribution in [2.75, 3.05) is 0 Å². The Balaban J connectivity index is 2.62. The van der Waals surface area contributed by atoms with E-state index in [4.69, 9.17) is 5.73 Å². The highest BCUT2D eigenvalue weighted by atomic mass is 16.2. The van der Waals surface area contributed by atoms with Gasteiger partial charge < -0.3 is 11.1 Å². The van der Waals surface area contributed by atoms with Crippen LogP contribution in [0.4, 0.5) is 0 Å². The molecule has 0 unspecified atom stereocenters. The van der Waals surface area contributed by atoms with E-state index in [0.29, 0.717) is 5.92 Å². The zero-order valence-corrected chi connectivity index (χ0v) is 11.4. The molecule has 2 amide bonds. The van der Waals surface area contributed by atoms with E-state index in [1.165, 1.54) is 19.3 Å². The predicted molar refractivity (Wildman–Crippen MR) is 71.7 cm³/mol.